The van der Waals surface area contributed by atoms with Gasteiger partial charge in [-0.1, -0.05) is 19.9 Å². The van der Waals surface area contributed by atoms with Gasteiger partial charge in [0.05, 0.1) is 28.1 Å². The van der Waals surface area contributed by atoms with E-state index in [4.69, 9.17) is 5.73 Å². The average Bonchev–Trinajstić information content (AvgIpc) is 3.09. The lowest BCUT2D eigenvalue weighted by atomic mass is 9.66. The standard InChI is InChI=1S/C23H20F2N4O/c1-22(2)14-6-8-23(22,18-10-12(21(26)30)7-9-27-18)20-13(14)11-17(28-29-20)19-15(24)4-3-5-16(19)25/h3-5,7,9-11,14H,6,8H2,1-2H3,(H2,26,30)/t14-,23+/m0/s1. The topological polar surface area (TPSA) is 81.8 Å². The van der Waals surface area contributed by atoms with Crippen LogP contribution >= 0.6 is 0 Å². The van der Waals surface area contributed by atoms with Gasteiger partial charge in [0.15, 0.2) is 0 Å². The summed E-state index contributed by atoms with van der Waals surface area (Å²) in [5.41, 5.74) is 7.50. The van der Waals surface area contributed by atoms with Crippen LogP contribution in [0.15, 0.2) is 42.6 Å². The Balaban J connectivity index is 1.72. The van der Waals surface area contributed by atoms with Crippen LogP contribution in [0.1, 0.15) is 59.9 Å². The van der Waals surface area contributed by atoms with Gasteiger partial charge in [-0.05, 0) is 60.1 Å². The van der Waals surface area contributed by atoms with E-state index in [-0.39, 0.29) is 22.6 Å². The summed E-state index contributed by atoms with van der Waals surface area (Å²) < 4.78 is 28.7. The molecule has 1 amide bonds. The van der Waals surface area contributed by atoms with Crippen LogP contribution in [-0.4, -0.2) is 21.1 Å². The number of carbonyl (C=O) groups excluding carboxylic acids is 1. The fourth-order valence-electron chi connectivity index (χ4n) is 5.57. The summed E-state index contributed by atoms with van der Waals surface area (Å²) in [6, 6.07) is 8.83. The minimum absolute atomic E-state index is 0.135. The maximum absolute atomic E-state index is 14.3. The highest BCUT2D eigenvalue weighted by Gasteiger charge is 2.65. The zero-order chi connectivity index (χ0) is 21.3. The predicted molar refractivity (Wildman–Crippen MR) is 107 cm³/mol. The van der Waals surface area contributed by atoms with Crippen molar-refractivity contribution in [1.29, 1.82) is 0 Å². The molecule has 3 aromatic rings. The second-order valence-corrected chi connectivity index (χ2v) is 8.64. The second kappa shape index (κ2) is 6.14. The van der Waals surface area contributed by atoms with Crippen molar-refractivity contribution in [1.82, 2.24) is 15.2 Å². The van der Waals surface area contributed by atoms with Crippen molar-refractivity contribution in [2.75, 3.05) is 0 Å². The third-order valence-electron chi connectivity index (χ3n) is 7.08. The van der Waals surface area contributed by atoms with Gasteiger partial charge in [-0.2, -0.15) is 5.10 Å². The molecular formula is C23H20F2N4O. The number of aromatic nitrogens is 3. The van der Waals surface area contributed by atoms with Gasteiger partial charge in [-0.15, -0.1) is 5.10 Å². The van der Waals surface area contributed by atoms with Crippen molar-refractivity contribution in [2.45, 2.75) is 38.0 Å². The van der Waals surface area contributed by atoms with E-state index in [1.807, 2.05) is 0 Å². The first-order valence-electron chi connectivity index (χ1n) is 9.86. The Morgan fingerprint density at radius 3 is 2.57 bits per heavy atom. The summed E-state index contributed by atoms with van der Waals surface area (Å²) in [5, 5.41) is 8.68. The van der Waals surface area contributed by atoms with Crippen LogP contribution in [-0.2, 0) is 5.41 Å². The summed E-state index contributed by atoms with van der Waals surface area (Å²) in [6.07, 6.45) is 3.27. The molecule has 0 spiro atoms. The molecule has 2 aromatic heterocycles. The lowest BCUT2D eigenvalue weighted by Gasteiger charge is -2.37. The molecular weight excluding hydrogens is 386 g/mol. The van der Waals surface area contributed by atoms with Gasteiger partial charge in [-0.3, -0.25) is 9.78 Å². The van der Waals surface area contributed by atoms with E-state index < -0.39 is 23.0 Å². The van der Waals surface area contributed by atoms with E-state index in [0.29, 0.717) is 5.56 Å². The molecule has 2 bridgehead atoms. The van der Waals surface area contributed by atoms with Crippen molar-refractivity contribution >= 4 is 5.91 Å². The first-order valence-corrected chi connectivity index (χ1v) is 9.86. The van der Waals surface area contributed by atoms with E-state index in [1.54, 1.807) is 24.4 Å². The lowest BCUT2D eigenvalue weighted by Crippen LogP contribution is -2.38. The number of nitrogens with zero attached hydrogens (tertiary/aromatic N) is 3. The molecule has 2 heterocycles. The molecule has 1 aromatic carbocycles. The second-order valence-electron chi connectivity index (χ2n) is 8.64. The number of nitrogens with two attached hydrogens (primary N) is 1. The number of benzene rings is 1. The number of pyridine rings is 1. The maximum Gasteiger partial charge on any atom is 0.248 e. The Labute approximate surface area is 172 Å². The Morgan fingerprint density at radius 1 is 1.13 bits per heavy atom. The number of carbonyl (C=O) groups is 1. The number of fused-ring (bicyclic) bond motifs is 5. The van der Waals surface area contributed by atoms with Crippen LogP contribution in [0, 0.1) is 17.0 Å². The first kappa shape index (κ1) is 18.8. The van der Waals surface area contributed by atoms with Crippen molar-refractivity contribution in [3.8, 4) is 11.3 Å². The molecule has 152 valence electrons. The van der Waals surface area contributed by atoms with E-state index >= 15 is 0 Å². The van der Waals surface area contributed by atoms with Crippen LogP contribution in [0.2, 0.25) is 0 Å². The number of primary amides is 1. The van der Waals surface area contributed by atoms with E-state index in [0.717, 1.165) is 29.8 Å². The van der Waals surface area contributed by atoms with Crippen LogP contribution in [0.5, 0.6) is 0 Å². The molecule has 5 rings (SSSR count). The summed E-state index contributed by atoms with van der Waals surface area (Å²) in [5.74, 6) is -1.72. The molecule has 7 heteroatoms. The Morgan fingerprint density at radius 2 is 1.87 bits per heavy atom. The molecule has 1 saturated carbocycles. The highest BCUT2D eigenvalue weighted by Crippen LogP contribution is 2.69. The molecule has 2 aliphatic carbocycles. The van der Waals surface area contributed by atoms with E-state index in [9.17, 15) is 13.6 Å². The molecule has 1 fully saturated rings. The monoisotopic (exact) mass is 406 g/mol. The Bertz CT molecular complexity index is 1190. The van der Waals surface area contributed by atoms with Gasteiger partial charge in [0, 0.05) is 11.8 Å². The first-order chi connectivity index (χ1) is 14.3. The average molecular weight is 406 g/mol. The number of hydrogen-bond donors (Lipinski definition) is 1. The van der Waals surface area contributed by atoms with Gasteiger partial charge in [0.2, 0.25) is 5.91 Å². The molecule has 0 saturated heterocycles. The van der Waals surface area contributed by atoms with Crippen LogP contribution in [0.3, 0.4) is 0 Å². The summed E-state index contributed by atoms with van der Waals surface area (Å²) in [6.45, 7) is 4.29. The third-order valence-corrected chi connectivity index (χ3v) is 7.08. The summed E-state index contributed by atoms with van der Waals surface area (Å²) in [7, 11) is 0. The maximum atomic E-state index is 14.3. The summed E-state index contributed by atoms with van der Waals surface area (Å²) in [4.78, 5) is 16.3. The van der Waals surface area contributed by atoms with Gasteiger partial charge in [0.1, 0.15) is 11.6 Å². The minimum Gasteiger partial charge on any atom is -0.366 e. The van der Waals surface area contributed by atoms with Gasteiger partial charge < -0.3 is 5.73 Å². The van der Waals surface area contributed by atoms with Gasteiger partial charge >= 0.3 is 0 Å². The largest absolute Gasteiger partial charge is 0.366 e. The SMILES string of the molecule is CC1(C)[C@H]2CC[C@@]1(c1cc(C(N)=O)ccn1)c1nnc(-c3c(F)cccc3F)cc12. The lowest BCUT2D eigenvalue weighted by molar-refractivity contribution is 0.0999. The third kappa shape index (κ3) is 2.26. The molecule has 2 aliphatic rings. The summed E-state index contributed by atoms with van der Waals surface area (Å²) >= 11 is 0. The highest BCUT2D eigenvalue weighted by atomic mass is 19.1. The van der Waals surface area contributed by atoms with E-state index in [1.165, 1.54) is 18.2 Å². The van der Waals surface area contributed by atoms with Crippen molar-refractivity contribution in [3.05, 3.63) is 76.7 Å². The predicted octanol–water partition coefficient (Wildman–Crippen LogP) is 4.12. The minimum atomic E-state index is -0.669. The van der Waals surface area contributed by atoms with E-state index in [2.05, 4.69) is 29.0 Å². The van der Waals surface area contributed by atoms with Crippen LogP contribution in [0.25, 0.3) is 11.3 Å². The number of halogens is 2. The smallest absolute Gasteiger partial charge is 0.248 e. The normalized spacial score (nSPS) is 23.4. The Hall–Kier alpha value is -3.22. The van der Waals surface area contributed by atoms with Crippen LogP contribution in [0.4, 0.5) is 8.78 Å². The van der Waals surface area contributed by atoms with Gasteiger partial charge in [0.25, 0.3) is 0 Å². The number of amides is 1. The zero-order valence-electron chi connectivity index (χ0n) is 16.6. The van der Waals surface area contributed by atoms with Gasteiger partial charge in [-0.25, -0.2) is 8.78 Å². The molecule has 2 atom stereocenters. The molecule has 0 aliphatic heterocycles. The van der Waals surface area contributed by atoms with Crippen molar-refractivity contribution < 1.29 is 13.6 Å². The quantitative estimate of drug-likeness (QED) is 0.709. The fraction of sp³-hybridized carbons (Fsp3) is 0.304. The molecule has 5 nitrogen and oxygen atoms in total. The molecule has 0 unspecified atom stereocenters. The number of hydrogen-bond acceptors (Lipinski definition) is 4. The zero-order valence-corrected chi connectivity index (χ0v) is 16.6. The fourth-order valence-corrected chi connectivity index (χ4v) is 5.57. The van der Waals surface area contributed by atoms with Crippen molar-refractivity contribution in [3.63, 3.8) is 0 Å². The molecule has 30 heavy (non-hydrogen) atoms. The van der Waals surface area contributed by atoms with Crippen molar-refractivity contribution in [2.24, 2.45) is 11.1 Å². The highest BCUT2D eigenvalue weighted by molar-refractivity contribution is 5.92. The molecule has 2 N–H and O–H groups in total. The molecule has 0 radical (unpaired) electrons. The number of rotatable bonds is 3. The Kier molecular flexibility index (Phi) is 3.84. The van der Waals surface area contributed by atoms with Crippen LogP contribution < -0.4 is 5.73 Å².